The molecule has 1 unspecified atom stereocenters. The van der Waals surface area contributed by atoms with Crippen LogP contribution in [0.15, 0.2) is 48.5 Å². The lowest BCUT2D eigenvalue weighted by molar-refractivity contribution is -0.117. The highest BCUT2D eigenvalue weighted by Gasteiger charge is 2.24. The Morgan fingerprint density at radius 3 is 2.52 bits per heavy atom. The minimum absolute atomic E-state index is 0.172. The van der Waals surface area contributed by atoms with Crippen molar-refractivity contribution in [3.63, 3.8) is 0 Å². The van der Waals surface area contributed by atoms with Crippen LogP contribution in [0.4, 0.5) is 5.69 Å². The molecule has 0 fully saturated rings. The summed E-state index contributed by atoms with van der Waals surface area (Å²) in [6, 6.07) is 14.2. The van der Waals surface area contributed by atoms with Gasteiger partial charge in [-0.2, -0.15) is 0 Å². The molecule has 0 bridgehead atoms. The van der Waals surface area contributed by atoms with Crippen molar-refractivity contribution in [3.8, 4) is 0 Å². The van der Waals surface area contributed by atoms with Gasteiger partial charge in [-0.25, -0.2) is 0 Å². The Labute approximate surface area is 157 Å². The first-order valence-electron chi connectivity index (χ1n) is 8.67. The molecule has 0 radical (unpaired) electrons. The maximum atomic E-state index is 12.7. The number of amides is 2. The van der Waals surface area contributed by atoms with Gasteiger partial charge in [0.15, 0.2) is 0 Å². The number of carbonyl (C=O) groups is 3. The summed E-state index contributed by atoms with van der Waals surface area (Å²) in [5, 5.41) is 6.18. The lowest BCUT2D eigenvalue weighted by Crippen LogP contribution is -2.33. The van der Waals surface area contributed by atoms with Gasteiger partial charge >= 0.3 is 0 Å². The second kappa shape index (κ2) is 7.45. The van der Waals surface area contributed by atoms with Gasteiger partial charge in [0.05, 0.1) is 11.6 Å². The Morgan fingerprint density at radius 1 is 1.04 bits per heavy atom. The smallest absolute Gasteiger partial charge is 0.292 e. The van der Waals surface area contributed by atoms with Crippen LogP contribution < -0.4 is 10.6 Å². The standard InChI is InChI=1S/C21H21N3O3/c1-12(15-7-6-8-16(11-15)24-14(3)25)23-21(27)20(26)19-13(2)22-18-10-5-4-9-17(18)19/h4-12,22H,1-3H3,(H,23,27)(H,24,25). The molecule has 138 valence electrons. The van der Waals surface area contributed by atoms with E-state index in [1.807, 2.05) is 30.3 Å². The van der Waals surface area contributed by atoms with Gasteiger partial charge in [0.25, 0.3) is 11.7 Å². The Morgan fingerprint density at radius 2 is 1.78 bits per heavy atom. The molecule has 0 saturated heterocycles. The molecule has 1 heterocycles. The maximum Gasteiger partial charge on any atom is 0.292 e. The van der Waals surface area contributed by atoms with E-state index in [0.29, 0.717) is 16.9 Å². The molecule has 27 heavy (non-hydrogen) atoms. The van der Waals surface area contributed by atoms with Crippen molar-refractivity contribution in [2.75, 3.05) is 5.32 Å². The second-order valence-corrected chi connectivity index (χ2v) is 6.50. The monoisotopic (exact) mass is 363 g/mol. The Balaban J connectivity index is 1.79. The van der Waals surface area contributed by atoms with Crippen LogP contribution in [-0.4, -0.2) is 22.6 Å². The van der Waals surface area contributed by atoms with Gasteiger partial charge in [0.1, 0.15) is 0 Å². The number of anilines is 1. The molecule has 3 aromatic rings. The van der Waals surface area contributed by atoms with E-state index < -0.39 is 11.7 Å². The van der Waals surface area contributed by atoms with Gasteiger partial charge in [-0.1, -0.05) is 30.3 Å². The first-order chi connectivity index (χ1) is 12.9. The number of fused-ring (bicyclic) bond motifs is 1. The average molecular weight is 363 g/mol. The number of rotatable bonds is 5. The number of ketones is 1. The Hall–Kier alpha value is -3.41. The summed E-state index contributed by atoms with van der Waals surface area (Å²) < 4.78 is 0. The maximum absolute atomic E-state index is 12.7. The van der Waals surface area contributed by atoms with Crippen molar-refractivity contribution in [2.45, 2.75) is 26.8 Å². The molecule has 0 aliphatic rings. The van der Waals surface area contributed by atoms with E-state index in [2.05, 4.69) is 15.6 Å². The van der Waals surface area contributed by atoms with Crippen molar-refractivity contribution < 1.29 is 14.4 Å². The number of para-hydroxylation sites is 1. The van der Waals surface area contributed by atoms with Crippen molar-refractivity contribution in [2.24, 2.45) is 0 Å². The van der Waals surface area contributed by atoms with Crippen LogP contribution in [0, 0.1) is 6.92 Å². The van der Waals surface area contributed by atoms with Gasteiger partial charge in [-0.3, -0.25) is 14.4 Å². The molecule has 0 aliphatic carbocycles. The summed E-state index contributed by atoms with van der Waals surface area (Å²) >= 11 is 0. The summed E-state index contributed by atoms with van der Waals surface area (Å²) in [5.41, 5.74) is 3.30. The van der Waals surface area contributed by atoms with E-state index in [0.717, 1.165) is 16.5 Å². The van der Waals surface area contributed by atoms with Crippen molar-refractivity contribution in [3.05, 3.63) is 65.4 Å². The molecule has 2 amide bonds. The molecule has 1 aromatic heterocycles. The van der Waals surface area contributed by atoms with Crippen LogP contribution in [0.3, 0.4) is 0 Å². The fourth-order valence-corrected chi connectivity index (χ4v) is 3.12. The highest BCUT2D eigenvalue weighted by molar-refractivity contribution is 6.45. The minimum atomic E-state index is -0.666. The zero-order chi connectivity index (χ0) is 19.6. The van der Waals surface area contributed by atoms with Gasteiger partial charge in [-0.05, 0) is 37.6 Å². The third kappa shape index (κ3) is 3.89. The van der Waals surface area contributed by atoms with Crippen LogP contribution in [0.2, 0.25) is 0 Å². The van der Waals surface area contributed by atoms with E-state index >= 15 is 0 Å². The first kappa shape index (κ1) is 18.4. The number of aromatic nitrogens is 1. The molecule has 1 atom stereocenters. The molecular weight excluding hydrogens is 342 g/mol. The molecule has 2 aromatic carbocycles. The van der Waals surface area contributed by atoms with E-state index in [9.17, 15) is 14.4 Å². The number of hydrogen-bond donors (Lipinski definition) is 3. The number of aromatic amines is 1. The van der Waals surface area contributed by atoms with Crippen molar-refractivity contribution in [1.29, 1.82) is 0 Å². The van der Waals surface area contributed by atoms with Crippen molar-refractivity contribution >= 4 is 34.2 Å². The van der Waals surface area contributed by atoms with Gasteiger partial charge in [-0.15, -0.1) is 0 Å². The minimum Gasteiger partial charge on any atom is -0.358 e. The zero-order valence-corrected chi connectivity index (χ0v) is 15.4. The van der Waals surface area contributed by atoms with Crippen LogP contribution >= 0.6 is 0 Å². The number of benzene rings is 2. The topological polar surface area (TPSA) is 91.1 Å². The fourth-order valence-electron chi connectivity index (χ4n) is 3.12. The predicted molar refractivity (Wildman–Crippen MR) is 105 cm³/mol. The quantitative estimate of drug-likeness (QED) is 0.479. The number of H-pyrrole nitrogens is 1. The normalized spacial score (nSPS) is 11.8. The SMILES string of the molecule is CC(=O)Nc1cccc(C(C)NC(=O)C(=O)c2c(C)[nH]c3ccccc23)c1. The molecule has 0 saturated carbocycles. The summed E-state index contributed by atoms with van der Waals surface area (Å²) in [6.07, 6.45) is 0. The van der Waals surface area contributed by atoms with E-state index in [1.165, 1.54) is 6.92 Å². The highest BCUT2D eigenvalue weighted by atomic mass is 16.2. The summed E-state index contributed by atoms with van der Waals surface area (Å²) in [7, 11) is 0. The highest BCUT2D eigenvalue weighted by Crippen LogP contribution is 2.23. The van der Waals surface area contributed by atoms with Gasteiger partial charge in [0.2, 0.25) is 5.91 Å². The molecule has 0 spiro atoms. The van der Waals surface area contributed by atoms with Crippen molar-refractivity contribution in [1.82, 2.24) is 10.3 Å². The number of carbonyl (C=O) groups excluding carboxylic acids is 3. The largest absolute Gasteiger partial charge is 0.358 e. The van der Waals surface area contributed by atoms with Crippen LogP contribution in [0.25, 0.3) is 10.9 Å². The third-order valence-corrected chi connectivity index (χ3v) is 4.38. The molecule has 6 nitrogen and oxygen atoms in total. The Kier molecular flexibility index (Phi) is 5.07. The van der Waals surface area contributed by atoms with Crippen LogP contribution in [0.1, 0.15) is 41.5 Å². The summed E-state index contributed by atoms with van der Waals surface area (Å²) in [5.74, 6) is -1.41. The van der Waals surface area contributed by atoms with Gasteiger partial charge in [0, 0.05) is 29.2 Å². The Bertz CT molecular complexity index is 1040. The summed E-state index contributed by atoms with van der Waals surface area (Å²) in [4.78, 5) is 39.6. The molecule has 6 heteroatoms. The number of nitrogens with one attached hydrogen (secondary N) is 3. The van der Waals surface area contributed by atoms with E-state index in [4.69, 9.17) is 0 Å². The van der Waals surface area contributed by atoms with Crippen LogP contribution in [-0.2, 0) is 9.59 Å². The lowest BCUT2D eigenvalue weighted by Gasteiger charge is -2.15. The molecule has 0 aliphatic heterocycles. The average Bonchev–Trinajstić information content (AvgIpc) is 2.96. The van der Waals surface area contributed by atoms with E-state index in [-0.39, 0.29) is 11.9 Å². The molecule has 3 rings (SSSR count). The van der Waals surface area contributed by atoms with Gasteiger partial charge < -0.3 is 15.6 Å². The van der Waals surface area contributed by atoms with Crippen LogP contribution in [0.5, 0.6) is 0 Å². The number of aryl methyl sites for hydroxylation is 1. The molecule has 3 N–H and O–H groups in total. The first-order valence-corrected chi connectivity index (χ1v) is 8.67. The zero-order valence-electron chi connectivity index (χ0n) is 15.4. The third-order valence-electron chi connectivity index (χ3n) is 4.38. The lowest BCUT2D eigenvalue weighted by atomic mass is 10.0. The molecular formula is C21H21N3O3. The summed E-state index contributed by atoms with van der Waals surface area (Å²) in [6.45, 7) is 5.00. The second-order valence-electron chi connectivity index (χ2n) is 6.50. The van der Waals surface area contributed by atoms with E-state index in [1.54, 1.807) is 32.0 Å². The number of Topliss-reactive ketones (excluding diaryl/α,β-unsaturated/α-hetero) is 1. The number of hydrogen-bond acceptors (Lipinski definition) is 3. The fraction of sp³-hybridized carbons (Fsp3) is 0.190. The predicted octanol–water partition coefficient (Wildman–Crippen LogP) is 3.49.